The van der Waals surface area contributed by atoms with Crippen LogP contribution < -0.4 is 11.1 Å². The lowest BCUT2D eigenvalue weighted by molar-refractivity contribution is 0.567. The van der Waals surface area contributed by atoms with Crippen molar-refractivity contribution < 1.29 is 0 Å². The normalized spacial score (nSPS) is 11.1. The lowest BCUT2D eigenvalue weighted by Gasteiger charge is -2.11. The van der Waals surface area contributed by atoms with E-state index in [0.717, 1.165) is 34.7 Å². The maximum absolute atomic E-state index is 6.16. The molecular formula is C15H21N3. The third-order valence-electron chi connectivity index (χ3n) is 3.10. The van der Waals surface area contributed by atoms with Gasteiger partial charge in [-0.05, 0) is 43.0 Å². The van der Waals surface area contributed by atoms with E-state index in [9.17, 15) is 0 Å². The van der Waals surface area contributed by atoms with E-state index in [4.69, 9.17) is 5.73 Å². The number of nitrogen functional groups attached to an aromatic ring is 1. The van der Waals surface area contributed by atoms with Gasteiger partial charge in [-0.2, -0.15) is 0 Å². The van der Waals surface area contributed by atoms with Gasteiger partial charge in [0.25, 0.3) is 0 Å². The van der Waals surface area contributed by atoms with Gasteiger partial charge in [-0.15, -0.1) is 0 Å². The quantitative estimate of drug-likeness (QED) is 0.622. The second-order valence-electron chi connectivity index (χ2n) is 5.06. The summed E-state index contributed by atoms with van der Waals surface area (Å²) in [6.45, 7) is 5.46. The molecule has 0 aliphatic carbocycles. The number of pyridine rings is 1. The van der Waals surface area contributed by atoms with Crippen molar-refractivity contribution in [3.8, 4) is 0 Å². The minimum Gasteiger partial charge on any atom is -0.397 e. The number of nitrogens with one attached hydrogen (secondary N) is 1. The Balaban J connectivity index is 2.07. The summed E-state index contributed by atoms with van der Waals surface area (Å²) in [5.74, 6) is 0.755. The lowest BCUT2D eigenvalue weighted by Crippen LogP contribution is -2.05. The Hall–Kier alpha value is -1.77. The fourth-order valence-electron chi connectivity index (χ4n) is 2.06. The van der Waals surface area contributed by atoms with Crippen LogP contribution >= 0.6 is 0 Å². The Morgan fingerprint density at radius 1 is 1.28 bits per heavy atom. The predicted molar refractivity (Wildman–Crippen MR) is 78.7 cm³/mol. The molecule has 18 heavy (non-hydrogen) atoms. The van der Waals surface area contributed by atoms with Crippen molar-refractivity contribution >= 4 is 22.3 Å². The smallest absolute Gasteiger partial charge is 0.0724 e. The molecule has 0 atom stereocenters. The molecule has 0 spiro atoms. The van der Waals surface area contributed by atoms with Crippen molar-refractivity contribution in [1.29, 1.82) is 0 Å². The third-order valence-corrected chi connectivity index (χ3v) is 3.10. The van der Waals surface area contributed by atoms with Crippen LogP contribution in [0.4, 0.5) is 11.4 Å². The Morgan fingerprint density at radius 3 is 2.89 bits per heavy atom. The zero-order valence-electron chi connectivity index (χ0n) is 11.1. The van der Waals surface area contributed by atoms with E-state index in [0.29, 0.717) is 0 Å². The molecule has 0 saturated carbocycles. The van der Waals surface area contributed by atoms with Crippen molar-refractivity contribution in [1.82, 2.24) is 4.98 Å². The average Bonchev–Trinajstić information content (AvgIpc) is 2.37. The van der Waals surface area contributed by atoms with Gasteiger partial charge in [0.1, 0.15) is 0 Å². The molecule has 0 saturated heterocycles. The number of nitrogens with zero attached hydrogens (tertiary/aromatic N) is 1. The minimum absolute atomic E-state index is 0.755. The number of hydrogen-bond donors (Lipinski definition) is 2. The molecule has 3 heteroatoms. The molecule has 0 amide bonds. The first-order valence-corrected chi connectivity index (χ1v) is 6.55. The molecule has 0 aliphatic heterocycles. The molecule has 2 aromatic rings. The fourth-order valence-corrected chi connectivity index (χ4v) is 2.06. The second kappa shape index (κ2) is 5.71. The standard InChI is InChI=1S/C15H21N3/c1-11(2)5-3-9-18-14-8-7-13-12(15(14)16)6-4-10-17-13/h4,6-8,10-11,18H,3,5,9,16H2,1-2H3. The van der Waals surface area contributed by atoms with Gasteiger partial charge < -0.3 is 11.1 Å². The van der Waals surface area contributed by atoms with Gasteiger partial charge >= 0.3 is 0 Å². The summed E-state index contributed by atoms with van der Waals surface area (Å²) < 4.78 is 0. The highest BCUT2D eigenvalue weighted by molar-refractivity contribution is 5.96. The minimum atomic E-state index is 0.755. The molecule has 1 heterocycles. The Morgan fingerprint density at radius 2 is 2.11 bits per heavy atom. The van der Waals surface area contributed by atoms with Gasteiger partial charge in [0, 0.05) is 18.1 Å². The summed E-state index contributed by atoms with van der Waals surface area (Å²) in [6.07, 6.45) is 4.20. The van der Waals surface area contributed by atoms with Gasteiger partial charge in [-0.25, -0.2) is 0 Å². The number of fused-ring (bicyclic) bond motifs is 1. The SMILES string of the molecule is CC(C)CCCNc1ccc2ncccc2c1N. The van der Waals surface area contributed by atoms with Crippen LogP contribution in [0, 0.1) is 5.92 Å². The second-order valence-corrected chi connectivity index (χ2v) is 5.06. The number of rotatable bonds is 5. The molecule has 0 bridgehead atoms. The van der Waals surface area contributed by atoms with Crippen LogP contribution in [0.25, 0.3) is 10.9 Å². The van der Waals surface area contributed by atoms with Crippen molar-refractivity contribution in [2.75, 3.05) is 17.6 Å². The number of hydrogen-bond acceptors (Lipinski definition) is 3. The molecule has 1 aromatic heterocycles. The van der Waals surface area contributed by atoms with E-state index in [1.54, 1.807) is 6.20 Å². The first-order valence-electron chi connectivity index (χ1n) is 6.55. The van der Waals surface area contributed by atoms with Crippen LogP contribution in [0.3, 0.4) is 0 Å². The highest BCUT2D eigenvalue weighted by Crippen LogP contribution is 2.27. The first-order chi connectivity index (χ1) is 8.68. The Labute approximate surface area is 108 Å². The Bertz CT molecular complexity index is 520. The highest BCUT2D eigenvalue weighted by atomic mass is 14.9. The van der Waals surface area contributed by atoms with Crippen molar-refractivity contribution in [3.63, 3.8) is 0 Å². The molecule has 3 nitrogen and oxygen atoms in total. The zero-order chi connectivity index (χ0) is 13.0. The molecular weight excluding hydrogens is 222 g/mol. The number of nitrogens with two attached hydrogens (primary N) is 1. The van der Waals surface area contributed by atoms with Crippen LogP contribution in [0.1, 0.15) is 26.7 Å². The highest BCUT2D eigenvalue weighted by Gasteiger charge is 2.04. The molecule has 2 rings (SSSR count). The van der Waals surface area contributed by atoms with Crippen molar-refractivity contribution in [2.45, 2.75) is 26.7 Å². The average molecular weight is 243 g/mol. The van der Waals surface area contributed by atoms with Crippen molar-refractivity contribution in [3.05, 3.63) is 30.5 Å². The fraction of sp³-hybridized carbons (Fsp3) is 0.400. The summed E-state index contributed by atoms with van der Waals surface area (Å²) in [5.41, 5.74) is 8.92. The van der Waals surface area contributed by atoms with Crippen LogP contribution in [-0.4, -0.2) is 11.5 Å². The van der Waals surface area contributed by atoms with E-state index >= 15 is 0 Å². The molecule has 0 fully saturated rings. The summed E-state index contributed by atoms with van der Waals surface area (Å²) in [5, 5.41) is 4.43. The largest absolute Gasteiger partial charge is 0.397 e. The zero-order valence-corrected chi connectivity index (χ0v) is 11.1. The summed E-state index contributed by atoms with van der Waals surface area (Å²) in [6, 6.07) is 7.95. The summed E-state index contributed by atoms with van der Waals surface area (Å²) in [4.78, 5) is 4.30. The van der Waals surface area contributed by atoms with Gasteiger partial charge in [0.15, 0.2) is 0 Å². The molecule has 0 unspecified atom stereocenters. The lowest BCUT2D eigenvalue weighted by atomic mass is 10.1. The van der Waals surface area contributed by atoms with Crippen LogP contribution in [0.2, 0.25) is 0 Å². The summed E-state index contributed by atoms with van der Waals surface area (Å²) in [7, 11) is 0. The van der Waals surface area contributed by atoms with E-state index < -0.39 is 0 Å². The van der Waals surface area contributed by atoms with E-state index in [2.05, 4.69) is 24.1 Å². The van der Waals surface area contributed by atoms with Gasteiger partial charge in [-0.1, -0.05) is 13.8 Å². The predicted octanol–water partition coefficient (Wildman–Crippen LogP) is 3.67. The van der Waals surface area contributed by atoms with E-state index in [1.165, 1.54) is 12.8 Å². The van der Waals surface area contributed by atoms with Crippen LogP contribution in [0.5, 0.6) is 0 Å². The van der Waals surface area contributed by atoms with Crippen LogP contribution in [0.15, 0.2) is 30.5 Å². The molecule has 0 aliphatic rings. The number of aromatic nitrogens is 1. The van der Waals surface area contributed by atoms with Gasteiger partial charge in [0.05, 0.1) is 16.9 Å². The summed E-state index contributed by atoms with van der Waals surface area (Å²) >= 11 is 0. The number of anilines is 2. The maximum Gasteiger partial charge on any atom is 0.0724 e. The van der Waals surface area contributed by atoms with E-state index in [1.807, 2.05) is 24.3 Å². The van der Waals surface area contributed by atoms with E-state index in [-0.39, 0.29) is 0 Å². The third kappa shape index (κ3) is 2.92. The van der Waals surface area contributed by atoms with Gasteiger partial charge in [-0.3, -0.25) is 4.98 Å². The molecule has 1 aromatic carbocycles. The monoisotopic (exact) mass is 243 g/mol. The Kier molecular flexibility index (Phi) is 4.03. The van der Waals surface area contributed by atoms with Gasteiger partial charge in [0.2, 0.25) is 0 Å². The maximum atomic E-state index is 6.16. The van der Waals surface area contributed by atoms with Crippen LogP contribution in [-0.2, 0) is 0 Å². The molecule has 3 N–H and O–H groups in total. The number of benzene rings is 1. The van der Waals surface area contributed by atoms with Crippen molar-refractivity contribution in [2.24, 2.45) is 5.92 Å². The molecule has 0 radical (unpaired) electrons. The molecule has 96 valence electrons. The topological polar surface area (TPSA) is 50.9 Å². The first kappa shape index (κ1) is 12.7.